The van der Waals surface area contributed by atoms with Crippen molar-refractivity contribution < 1.29 is 0 Å². The second kappa shape index (κ2) is 6.66. The van der Waals surface area contributed by atoms with Crippen LogP contribution >= 0.6 is 31.9 Å². The lowest BCUT2D eigenvalue weighted by Gasteiger charge is -2.07. The van der Waals surface area contributed by atoms with Crippen LogP contribution in [0.5, 0.6) is 0 Å². The highest BCUT2D eigenvalue weighted by Crippen LogP contribution is 2.23. The molecule has 1 aromatic carbocycles. The van der Waals surface area contributed by atoms with Crippen molar-refractivity contribution in [3.05, 3.63) is 32.7 Å². The zero-order chi connectivity index (χ0) is 11.3. The first-order valence-electron chi connectivity index (χ1n) is 5.24. The maximum absolute atomic E-state index is 3.51. The molecule has 1 rings (SSSR count). The summed E-state index contributed by atoms with van der Waals surface area (Å²) >= 11 is 6.98. The molecule has 0 saturated heterocycles. The molecule has 0 amide bonds. The molecule has 1 nitrogen and oxygen atoms in total. The van der Waals surface area contributed by atoms with Crippen LogP contribution in [0.3, 0.4) is 0 Å². The molecular weight excluding hydrogens is 318 g/mol. The molecule has 3 heteroatoms. The first kappa shape index (κ1) is 13.2. The van der Waals surface area contributed by atoms with E-state index < -0.39 is 0 Å². The molecule has 1 aromatic rings. The van der Waals surface area contributed by atoms with Crippen molar-refractivity contribution in [2.45, 2.75) is 20.3 Å². The van der Waals surface area contributed by atoms with E-state index in [0.717, 1.165) is 34.4 Å². The molecule has 0 unspecified atom stereocenters. The van der Waals surface area contributed by atoms with Crippen LogP contribution in [0.25, 0.3) is 0 Å². The van der Waals surface area contributed by atoms with Crippen LogP contribution in [0.4, 0.5) is 0 Å². The Bertz CT molecular complexity index is 310. The van der Waals surface area contributed by atoms with Gasteiger partial charge in [0.15, 0.2) is 0 Å². The third-order valence-electron chi connectivity index (χ3n) is 2.13. The SMILES string of the molecule is CC(C)CNCCc1ccc(Br)c(Br)c1. The van der Waals surface area contributed by atoms with Crippen molar-refractivity contribution in [1.82, 2.24) is 5.32 Å². The van der Waals surface area contributed by atoms with Crippen molar-refractivity contribution in [2.75, 3.05) is 13.1 Å². The second-order valence-electron chi connectivity index (χ2n) is 4.10. The number of rotatable bonds is 5. The Morgan fingerprint density at radius 2 is 1.93 bits per heavy atom. The number of halogens is 2. The summed E-state index contributed by atoms with van der Waals surface area (Å²) in [7, 11) is 0. The van der Waals surface area contributed by atoms with E-state index in [1.807, 2.05) is 0 Å². The fourth-order valence-electron chi connectivity index (χ4n) is 1.32. The van der Waals surface area contributed by atoms with Crippen LogP contribution in [0.15, 0.2) is 27.1 Å². The fraction of sp³-hybridized carbons (Fsp3) is 0.500. The molecule has 0 aliphatic rings. The third-order valence-corrected chi connectivity index (χ3v) is 4.01. The number of hydrogen-bond donors (Lipinski definition) is 1. The predicted molar refractivity (Wildman–Crippen MR) is 73.3 cm³/mol. The van der Waals surface area contributed by atoms with Gasteiger partial charge < -0.3 is 5.32 Å². The summed E-state index contributed by atoms with van der Waals surface area (Å²) < 4.78 is 2.24. The van der Waals surface area contributed by atoms with Crippen LogP contribution in [-0.4, -0.2) is 13.1 Å². The highest BCUT2D eigenvalue weighted by molar-refractivity contribution is 9.13. The van der Waals surface area contributed by atoms with Gasteiger partial charge in [-0.3, -0.25) is 0 Å². The minimum atomic E-state index is 0.724. The molecule has 0 aromatic heterocycles. The molecule has 84 valence electrons. The van der Waals surface area contributed by atoms with E-state index in [1.165, 1.54) is 5.56 Å². The van der Waals surface area contributed by atoms with Crippen molar-refractivity contribution in [3.63, 3.8) is 0 Å². The van der Waals surface area contributed by atoms with Crippen LogP contribution in [-0.2, 0) is 6.42 Å². The highest BCUT2D eigenvalue weighted by Gasteiger charge is 1.99. The van der Waals surface area contributed by atoms with Crippen molar-refractivity contribution in [3.8, 4) is 0 Å². The largest absolute Gasteiger partial charge is 0.316 e. The minimum Gasteiger partial charge on any atom is -0.316 e. The molecule has 0 saturated carbocycles. The Morgan fingerprint density at radius 3 is 2.53 bits per heavy atom. The number of nitrogens with one attached hydrogen (secondary N) is 1. The van der Waals surface area contributed by atoms with Crippen molar-refractivity contribution in [2.24, 2.45) is 5.92 Å². The van der Waals surface area contributed by atoms with E-state index in [9.17, 15) is 0 Å². The zero-order valence-electron chi connectivity index (χ0n) is 9.19. The second-order valence-corrected chi connectivity index (χ2v) is 5.81. The summed E-state index contributed by atoms with van der Waals surface area (Å²) in [5.74, 6) is 0.724. The van der Waals surface area contributed by atoms with E-state index >= 15 is 0 Å². The molecule has 0 heterocycles. The monoisotopic (exact) mass is 333 g/mol. The van der Waals surface area contributed by atoms with Crippen LogP contribution in [0, 0.1) is 5.92 Å². The maximum atomic E-state index is 3.51. The lowest BCUT2D eigenvalue weighted by molar-refractivity contribution is 0.554. The van der Waals surface area contributed by atoms with Gasteiger partial charge in [0.25, 0.3) is 0 Å². The van der Waals surface area contributed by atoms with Gasteiger partial charge in [-0.2, -0.15) is 0 Å². The summed E-state index contributed by atoms with van der Waals surface area (Å²) in [5, 5.41) is 3.44. The highest BCUT2D eigenvalue weighted by atomic mass is 79.9. The predicted octanol–water partition coefficient (Wildman–Crippen LogP) is 4.00. The molecule has 0 atom stereocenters. The normalized spacial score (nSPS) is 11.0. The number of hydrogen-bond acceptors (Lipinski definition) is 1. The van der Waals surface area contributed by atoms with Gasteiger partial charge in [-0.25, -0.2) is 0 Å². The summed E-state index contributed by atoms with van der Waals surface area (Å²) in [6.45, 7) is 6.59. The van der Waals surface area contributed by atoms with Crippen LogP contribution in [0.2, 0.25) is 0 Å². The standard InChI is InChI=1S/C12H17Br2N/c1-9(2)8-15-6-5-10-3-4-11(13)12(14)7-10/h3-4,7,9,15H,5-6,8H2,1-2H3. The molecule has 1 N–H and O–H groups in total. The summed E-state index contributed by atoms with van der Waals surface area (Å²) in [6, 6.07) is 6.41. The van der Waals surface area contributed by atoms with Crippen LogP contribution < -0.4 is 5.32 Å². The average Bonchev–Trinajstić information content (AvgIpc) is 2.18. The summed E-state index contributed by atoms with van der Waals surface area (Å²) in [6.07, 6.45) is 1.08. The van der Waals surface area contributed by atoms with E-state index in [2.05, 4.69) is 69.2 Å². The Hall–Kier alpha value is 0.140. The third kappa shape index (κ3) is 5.14. The van der Waals surface area contributed by atoms with Gasteiger partial charge in [-0.05, 0) is 75.0 Å². The average molecular weight is 335 g/mol. The smallest absolute Gasteiger partial charge is 0.0320 e. The van der Waals surface area contributed by atoms with Crippen LogP contribution in [0.1, 0.15) is 19.4 Å². The lowest BCUT2D eigenvalue weighted by Crippen LogP contribution is -2.22. The van der Waals surface area contributed by atoms with E-state index in [1.54, 1.807) is 0 Å². The molecule has 0 aliphatic carbocycles. The van der Waals surface area contributed by atoms with E-state index in [-0.39, 0.29) is 0 Å². The van der Waals surface area contributed by atoms with Gasteiger partial charge in [0.2, 0.25) is 0 Å². The molecule has 0 radical (unpaired) electrons. The number of benzene rings is 1. The van der Waals surface area contributed by atoms with Gasteiger partial charge >= 0.3 is 0 Å². The molecule has 0 bridgehead atoms. The Labute approximate surface area is 109 Å². The van der Waals surface area contributed by atoms with Crippen molar-refractivity contribution in [1.29, 1.82) is 0 Å². The molecule has 0 spiro atoms. The first-order valence-corrected chi connectivity index (χ1v) is 6.83. The summed E-state index contributed by atoms with van der Waals surface area (Å²) in [4.78, 5) is 0. The molecule has 15 heavy (non-hydrogen) atoms. The topological polar surface area (TPSA) is 12.0 Å². The molecular formula is C12H17Br2N. The van der Waals surface area contributed by atoms with Gasteiger partial charge in [0.1, 0.15) is 0 Å². The van der Waals surface area contributed by atoms with Gasteiger partial charge in [-0.1, -0.05) is 19.9 Å². The molecule has 0 aliphatic heterocycles. The zero-order valence-corrected chi connectivity index (χ0v) is 12.4. The Morgan fingerprint density at radius 1 is 1.20 bits per heavy atom. The Kier molecular flexibility index (Phi) is 5.87. The van der Waals surface area contributed by atoms with Gasteiger partial charge in [0.05, 0.1) is 0 Å². The maximum Gasteiger partial charge on any atom is 0.0320 e. The van der Waals surface area contributed by atoms with E-state index in [4.69, 9.17) is 0 Å². The van der Waals surface area contributed by atoms with Gasteiger partial charge in [0, 0.05) is 8.95 Å². The Balaban J connectivity index is 2.35. The lowest BCUT2D eigenvalue weighted by atomic mass is 10.1. The van der Waals surface area contributed by atoms with Crippen molar-refractivity contribution >= 4 is 31.9 Å². The molecule has 0 fully saturated rings. The van der Waals surface area contributed by atoms with E-state index in [0.29, 0.717) is 0 Å². The quantitative estimate of drug-likeness (QED) is 0.802. The van der Waals surface area contributed by atoms with Gasteiger partial charge in [-0.15, -0.1) is 0 Å². The minimum absolute atomic E-state index is 0.724. The fourth-order valence-corrected chi connectivity index (χ4v) is 1.99. The summed E-state index contributed by atoms with van der Waals surface area (Å²) in [5.41, 5.74) is 1.36. The first-order chi connectivity index (χ1) is 7.09.